The first-order valence-electron chi connectivity index (χ1n) is 6.05. The standard InChI is InChI=1S/C14H16BrNO3/c1-7-5-11-9(6-10(7)15)8(2)12(17)14(3,4)16(11)13(18)19/h5-6,8H,1-4H3,(H,18,19). The molecule has 0 spiro atoms. The molecule has 1 aromatic carbocycles. The van der Waals surface area contributed by atoms with Crippen LogP contribution in [0.5, 0.6) is 0 Å². The lowest BCUT2D eigenvalue weighted by atomic mass is 9.78. The van der Waals surface area contributed by atoms with Crippen LogP contribution in [0.2, 0.25) is 0 Å². The molecule has 2 rings (SSSR count). The number of carboxylic acid groups (broad SMARTS) is 1. The molecule has 1 aliphatic rings. The molecular formula is C14H16BrNO3. The van der Waals surface area contributed by atoms with Crippen molar-refractivity contribution in [2.45, 2.75) is 39.2 Å². The number of hydrogen-bond donors (Lipinski definition) is 1. The summed E-state index contributed by atoms with van der Waals surface area (Å²) >= 11 is 3.43. The van der Waals surface area contributed by atoms with Gasteiger partial charge in [0.15, 0.2) is 5.78 Å². The Morgan fingerprint density at radius 1 is 1.42 bits per heavy atom. The zero-order chi connectivity index (χ0) is 14.5. The molecule has 1 aliphatic heterocycles. The highest BCUT2D eigenvalue weighted by Gasteiger charge is 2.47. The molecule has 1 aromatic rings. The van der Waals surface area contributed by atoms with Crippen molar-refractivity contribution < 1.29 is 14.7 Å². The minimum absolute atomic E-state index is 0.0850. The van der Waals surface area contributed by atoms with Gasteiger partial charge in [0.2, 0.25) is 0 Å². The summed E-state index contributed by atoms with van der Waals surface area (Å²) < 4.78 is 0.885. The number of carbonyl (C=O) groups is 2. The summed E-state index contributed by atoms with van der Waals surface area (Å²) in [5, 5.41) is 9.45. The van der Waals surface area contributed by atoms with Gasteiger partial charge in [0.25, 0.3) is 0 Å². The van der Waals surface area contributed by atoms with Crippen molar-refractivity contribution in [3.63, 3.8) is 0 Å². The predicted molar refractivity (Wildman–Crippen MR) is 76.9 cm³/mol. The van der Waals surface area contributed by atoms with Gasteiger partial charge in [-0.2, -0.15) is 0 Å². The van der Waals surface area contributed by atoms with Crippen LogP contribution in [-0.4, -0.2) is 22.5 Å². The third-order valence-electron chi connectivity index (χ3n) is 3.76. The van der Waals surface area contributed by atoms with Crippen LogP contribution in [0.15, 0.2) is 16.6 Å². The van der Waals surface area contributed by atoms with Crippen LogP contribution < -0.4 is 4.90 Å². The van der Waals surface area contributed by atoms with Crippen molar-refractivity contribution in [2.24, 2.45) is 0 Å². The van der Waals surface area contributed by atoms with Crippen LogP contribution in [0, 0.1) is 6.92 Å². The van der Waals surface area contributed by atoms with E-state index in [1.54, 1.807) is 13.8 Å². The predicted octanol–water partition coefficient (Wildman–Crippen LogP) is 3.71. The first-order valence-corrected chi connectivity index (χ1v) is 6.84. The summed E-state index contributed by atoms with van der Waals surface area (Å²) in [5.41, 5.74) is 1.26. The summed E-state index contributed by atoms with van der Waals surface area (Å²) in [6, 6.07) is 3.66. The van der Waals surface area contributed by atoms with E-state index in [1.807, 2.05) is 26.0 Å². The minimum Gasteiger partial charge on any atom is -0.465 e. The van der Waals surface area contributed by atoms with Crippen LogP contribution in [0.4, 0.5) is 10.5 Å². The fourth-order valence-electron chi connectivity index (χ4n) is 2.65. The molecule has 0 bridgehead atoms. The fourth-order valence-corrected chi connectivity index (χ4v) is 3.01. The second-order valence-electron chi connectivity index (χ2n) is 5.42. The summed E-state index contributed by atoms with van der Waals surface area (Å²) in [7, 11) is 0. The number of anilines is 1. The number of ketones is 1. The Morgan fingerprint density at radius 2 is 2.00 bits per heavy atom. The number of aryl methyl sites for hydroxylation is 1. The van der Waals surface area contributed by atoms with Crippen LogP contribution >= 0.6 is 15.9 Å². The Morgan fingerprint density at radius 3 is 2.53 bits per heavy atom. The molecule has 1 unspecified atom stereocenters. The fraction of sp³-hybridized carbons (Fsp3) is 0.429. The van der Waals surface area contributed by atoms with Gasteiger partial charge < -0.3 is 5.11 Å². The number of rotatable bonds is 0. The van der Waals surface area contributed by atoms with Crippen LogP contribution in [-0.2, 0) is 4.79 Å². The molecule has 0 aliphatic carbocycles. The van der Waals surface area contributed by atoms with Crippen molar-refractivity contribution in [3.8, 4) is 0 Å². The maximum Gasteiger partial charge on any atom is 0.412 e. The number of carbonyl (C=O) groups excluding carboxylic acids is 1. The SMILES string of the molecule is Cc1cc2c(cc1Br)C(C)C(=O)C(C)(C)N2C(=O)O. The molecule has 1 heterocycles. The Bertz CT molecular complexity index is 580. The van der Waals surface area contributed by atoms with E-state index in [1.165, 1.54) is 4.90 Å². The topological polar surface area (TPSA) is 57.6 Å². The van der Waals surface area contributed by atoms with E-state index in [9.17, 15) is 14.7 Å². The minimum atomic E-state index is -1.10. The first-order chi connectivity index (χ1) is 8.67. The highest BCUT2D eigenvalue weighted by Crippen LogP contribution is 2.43. The third-order valence-corrected chi connectivity index (χ3v) is 4.62. The quantitative estimate of drug-likeness (QED) is 0.791. The zero-order valence-electron chi connectivity index (χ0n) is 11.3. The lowest BCUT2D eigenvalue weighted by molar-refractivity contribution is -0.124. The Balaban J connectivity index is 2.77. The number of hydrogen-bond acceptors (Lipinski definition) is 2. The average molecular weight is 326 g/mol. The van der Waals surface area contributed by atoms with Gasteiger partial charge in [0, 0.05) is 10.4 Å². The molecule has 5 heteroatoms. The first kappa shape index (κ1) is 14.1. The lowest BCUT2D eigenvalue weighted by Crippen LogP contribution is -2.57. The largest absolute Gasteiger partial charge is 0.465 e. The molecule has 4 nitrogen and oxygen atoms in total. The van der Waals surface area contributed by atoms with Crippen molar-refractivity contribution in [3.05, 3.63) is 27.7 Å². The smallest absolute Gasteiger partial charge is 0.412 e. The van der Waals surface area contributed by atoms with Crippen molar-refractivity contribution >= 4 is 33.5 Å². The summed E-state index contributed by atoms with van der Waals surface area (Å²) in [6.45, 7) is 7.03. The molecule has 19 heavy (non-hydrogen) atoms. The molecule has 0 saturated carbocycles. The molecule has 0 radical (unpaired) electrons. The Hall–Kier alpha value is -1.36. The van der Waals surface area contributed by atoms with Crippen molar-refractivity contribution in [1.29, 1.82) is 0 Å². The van der Waals surface area contributed by atoms with Gasteiger partial charge in [-0.3, -0.25) is 9.69 Å². The summed E-state index contributed by atoms with van der Waals surface area (Å²) in [5.74, 6) is -0.393. The van der Waals surface area contributed by atoms with E-state index < -0.39 is 11.6 Å². The number of fused-ring (bicyclic) bond motifs is 1. The second-order valence-corrected chi connectivity index (χ2v) is 6.28. The van der Waals surface area contributed by atoms with Crippen LogP contribution in [0.1, 0.15) is 37.8 Å². The van der Waals surface area contributed by atoms with Gasteiger partial charge in [-0.25, -0.2) is 4.79 Å². The monoisotopic (exact) mass is 325 g/mol. The number of Topliss-reactive ketones (excluding diaryl/α,β-unsaturated/α-hetero) is 1. The van der Waals surface area contributed by atoms with E-state index in [0.29, 0.717) is 5.69 Å². The molecule has 1 N–H and O–H groups in total. The second kappa shape index (κ2) is 4.34. The molecular weight excluding hydrogens is 310 g/mol. The van der Waals surface area contributed by atoms with Crippen LogP contribution in [0.3, 0.4) is 0 Å². The lowest BCUT2D eigenvalue weighted by Gasteiger charge is -2.43. The number of nitrogens with zero attached hydrogens (tertiary/aromatic N) is 1. The molecule has 1 amide bonds. The van der Waals surface area contributed by atoms with E-state index in [4.69, 9.17) is 0 Å². The Kier molecular flexibility index (Phi) is 3.21. The van der Waals surface area contributed by atoms with E-state index in [-0.39, 0.29) is 11.7 Å². The number of halogens is 1. The van der Waals surface area contributed by atoms with E-state index >= 15 is 0 Å². The number of amides is 1. The molecule has 0 saturated heterocycles. The van der Waals surface area contributed by atoms with Gasteiger partial charge in [-0.1, -0.05) is 22.9 Å². The molecule has 0 fully saturated rings. The van der Waals surface area contributed by atoms with Gasteiger partial charge in [0.05, 0.1) is 5.69 Å². The highest BCUT2D eigenvalue weighted by atomic mass is 79.9. The van der Waals surface area contributed by atoms with E-state index in [2.05, 4.69) is 15.9 Å². The van der Waals surface area contributed by atoms with Gasteiger partial charge in [0.1, 0.15) is 5.54 Å². The van der Waals surface area contributed by atoms with Gasteiger partial charge in [-0.15, -0.1) is 0 Å². The molecule has 0 aromatic heterocycles. The van der Waals surface area contributed by atoms with Crippen molar-refractivity contribution in [1.82, 2.24) is 0 Å². The maximum atomic E-state index is 12.4. The normalized spacial score (nSPS) is 21.2. The summed E-state index contributed by atoms with van der Waals surface area (Å²) in [6.07, 6.45) is -1.10. The maximum absolute atomic E-state index is 12.4. The molecule has 102 valence electrons. The molecule has 1 atom stereocenters. The highest BCUT2D eigenvalue weighted by molar-refractivity contribution is 9.10. The Labute approximate surface area is 120 Å². The van der Waals surface area contributed by atoms with Gasteiger partial charge in [-0.05, 0) is 44.0 Å². The zero-order valence-corrected chi connectivity index (χ0v) is 12.9. The number of benzene rings is 1. The van der Waals surface area contributed by atoms with Gasteiger partial charge >= 0.3 is 6.09 Å². The van der Waals surface area contributed by atoms with Crippen LogP contribution in [0.25, 0.3) is 0 Å². The van der Waals surface area contributed by atoms with E-state index in [0.717, 1.165) is 15.6 Å². The third kappa shape index (κ3) is 1.96. The van der Waals surface area contributed by atoms with Crippen molar-refractivity contribution in [2.75, 3.05) is 4.90 Å². The summed E-state index contributed by atoms with van der Waals surface area (Å²) in [4.78, 5) is 25.1. The average Bonchev–Trinajstić information content (AvgIpc) is 2.29.